The van der Waals surface area contributed by atoms with Crippen molar-refractivity contribution in [2.75, 3.05) is 0 Å². The van der Waals surface area contributed by atoms with E-state index in [1.165, 1.54) is 11.3 Å². The molecular weight excluding hydrogens is 356 g/mol. The third-order valence-corrected chi connectivity index (χ3v) is 5.86. The van der Waals surface area contributed by atoms with Crippen LogP contribution in [0.4, 0.5) is 0 Å². The first-order valence-electron chi connectivity index (χ1n) is 5.19. The summed E-state index contributed by atoms with van der Waals surface area (Å²) in [7, 11) is -3.63. The molecule has 0 aliphatic heterocycles. The molecule has 2 aromatic heterocycles. The van der Waals surface area contributed by atoms with Gasteiger partial charge in [-0.05, 0) is 22.0 Å². The summed E-state index contributed by atoms with van der Waals surface area (Å²) >= 11 is 4.51. The zero-order chi connectivity index (χ0) is 14.0. The summed E-state index contributed by atoms with van der Waals surface area (Å²) in [4.78, 5) is 4.86. The topological polar surface area (TPSA) is 111 Å². The van der Waals surface area contributed by atoms with Crippen LogP contribution in [0.1, 0.15) is 16.6 Å². The van der Waals surface area contributed by atoms with Crippen LogP contribution in [0.25, 0.3) is 0 Å². The number of thiophene rings is 1. The lowest BCUT2D eigenvalue weighted by molar-refractivity contribution is 0.387. The van der Waals surface area contributed by atoms with E-state index in [2.05, 4.69) is 30.8 Å². The van der Waals surface area contributed by atoms with Crippen LogP contribution in [-0.4, -0.2) is 18.6 Å². The van der Waals surface area contributed by atoms with Gasteiger partial charge >= 0.3 is 0 Å². The smallest absolute Gasteiger partial charge is 0.242 e. The normalized spacial score (nSPS) is 11.9. The molecule has 0 aliphatic carbocycles. The molecule has 0 atom stereocenters. The van der Waals surface area contributed by atoms with Crippen molar-refractivity contribution in [1.82, 2.24) is 14.9 Å². The molecule has 0 aliphatic rings. The lowest BCUT2D eigenvalue weighted by Crippen LogP contribution is -2.23. The maximum absolute atomic E-state index is 12.1. The zero-order valence-electron chi connectivity index (χ0n) is 9.88. The first-order chi connectivity index (χ1) is 8.92. The van der Waals surface area contributed by atoms with Crippen molar-refractivity contribution in [3.05, 3.63) is 26.4 Å². The second-order valence-electron chi connectivity index (χ2n) is 3.61. The number of aryl methyl sites for hydroxylation is 1. The van der Waals surface area contributed by atoms with E-state index < -0.39 is 10.0 Å². The van der Waals surface area contributed by atoms with E-state index in [4.69, 9.17) is 10.3 Å². The summed E-state index contributed by atoms with van der Waals surface area (Å²) < 4.78 is 31.9. The predicted octanol–water partition coefficient (Wildman–Crippen LogP) is 1.14. The number of aromatic nitrogens is 2. The maximum Gasteiger partial charge on any atom is 0.242 e. The molecule has 0 aromatic carbocycles. The molecule has 0 unspecified atom stereocenters. The van der Waals surface area contributed by atoms with Crippen molar-refractivity contribution in [2.45, 2.75) is 24.9 Å². The van der Waals surface area contributed by atoms with Crippen molar-refractivity contribution in [3.8, 4) is 0 Å². The minimum atomic E-state index is -3.63. The lowest BCUT2D eigenvalue weighted by atomic mass is 10.5. The minimum Gasteiger partial charge on any atom is -0.340 e. The highest BCUT2D eigenvalue weighted by atomic mass is 79.9. The van der Waals surface area contributed by atoms with Crippen molar-refractivity contribution >= 4 is 37.3 Å². The van der Waals surface area contributed by atoms with Gasteiger partial charge in [0.25, 0.3) is 0 Å². The number of hydrogen-bond acceptors (Lipinski definition) is 7. The van der Waals surface area contributed by atoms with E-state index in [9.17, 15) is 8.42 Å². The molecule has 10 heteroatoms. The second kappa shape index (κ2) is 5.67. The number of hydrogen-bond donors (Lipinski definition) is 2. The molecule has 2 heterocycles. The fraction of sp³-hybridized carbons (Fsp3) is 0.333. The van der Waals surface area contributed by atoms with Gasteiger partial charge < -0.3 is 10.3 Å². The Kier molecular flexibility index (Phi) is 4.36. The van der Waals surface area contributed by atoms with Crippen LogP contribution in [0.5, 0.6) is 0 Å². The Hall–Kier alpha value is -0.810. The first kappa shape index (κ1) is 14.6. The highest BCUT2D eigenvalue weighted by molar-refractivity contribution is 9.11. The molecular formula is C9H11BrN4O3S2. The van der Waals surface area contributed by atoms with E-state index >= 15 is 0 Å². The maximum atomic E-state index is 12.1. The zero-order valence-corrected chi connectivity index (χ0v) is 13.1. The van der Waals surface area contributed by atoms with Gasteiger partial charge in [-0.1, -0.05) is 5.16 Å². The van der Waals surface area contributed by atoms with Gasteiger partial charge in [0.1, 0.15) is 4.90 Å². The summed E-state index contributed by atoms with van der Waals surface area (Å²) in [5, 5.41) is 3.61. The average molecular weight is 367 g/mol. The molecule has 2 aromatic rings. The third-order valence-electron chi connectivity index (χ3n) is 2.19. The van der Waals surface area contributed by atoms with Crippen LogP contribution in [-0.2, 0) is 23.1 Å². The summed E-state index contributed by atoms with van der Waals surface area (Å²) in [5.41, 5.74) is 5.49. The fourth-order valence-electron chi connectivity index (χ4n) is 1.33. The quantitative estimate of drug-likeness (QED) is 0.820. The van der Waals surface area contributed by atoms with E-state index in [1.807, 2.05) is 0 Å². The highest BCUT2D eigenvalue weighted by Crippen LogP contribution is 2.31. The van der Waals surface area contributed by atoms with Crippen LogP contribution in [0.15, 0.2) is 19.3 Å². The number of sulfonamides is 1. The first-order valence-corrected chi connectivity index (χ1v) is 8.29. The van der Waals surface area contributed by atoms with Crippen molar-refractivity contribution < 1.29 is 12.9 Å². The van der Waals surface area contributed by atoms with Gasteiger partial charge in [0, 0.05) is 18.3 Å². The number of halogens is 1. The van der Waals surface area contributed by atoms with Gasteiger partial charge in [-0.2, -0.15) is 4.98 Å². The van der Waals surface area contributed by atoms with Crippen LogP contribution < -0.4 is 10.5 Å². The van der Waals surface area contributed by atoms with Crippen molar-refractivity contribution in [3.63, 3.8) is 0 Å². The Morgan fingerprint density at radius 2 is 2.32 bits per heavy atom. The number of nitrogens with one attached hydrogen (secondary N) is 1. The van der Waals surface area contributed by atoms with E-state index in [-0.39, 0.29) is 17.3 Å². The molecule has 3 N–H and O–H groups in total. The van der Waals surface area contributed by atoms with Gasteiger partial charge in [0.2, 0.25) is 15.9 Å². The Balaban J connectivity index is 2.15. The highest BCUT2D eigenvalue weighted by Gasteiger charge is 2.21. The lowest BCUT2D eigenvalue weighted by Gasteiger charge is -2.02. The number of rotatable bonds is 5. The molecule has 0 fully saturated rings. The number of nitrogens with zero attached hydrogens (tertiary/aromatic N) is 2. The molecule has 0 bridgehead atoms. The van der Waals surface area contributed by atoms with Gasteiger partial charge in [0.15, 0.2) is 5.82 Å². The largest absolute Gasteiger partial charge is 0.340 e. The van der Waals surface area contributed by atoms with Gasteiger partial charge in [0.05, 0.1) is 10.3 Å². The summed E-state index contributed by atoms with van der Waals surface area (Å²) in [5.74, 6) is 0.669. The molecule has 0 saturated carbocycles. The van der Waals surface area contributed by atoms with Crippen molar-refractivity contribution in [2.24, 2.45) is 5.73 Å². The second-order valence-corrected chi connectivity index (χ2v) is 7.80. The van der Waals surface area contributed by atoms with Crippen LogP contribution in [0, 0.1) is 6.92 Å². The average Bonchev–Trinajstić information content (AvgIpc) is 2.93. The fourth-order valence-corrected chi connectivity index (χ4v) is 4.87. The standard InChI is InChI=1S/C9H11BrN4O3S2/c1-5-13-8(14-17-5)4-12-19(15,16)7-2-6(3-11)18-9(7)10/h2,12H,3-4,11H2,1H3. The van der Waals surface area contributed by atoms with E-state index in [0.29, 0.717) is 16.2 Å². The van der Waals surface area contributed by atoms with Gasteiger partial charge in [-0.15, -0.1) is 11.3 Å². The molecule has 0 radical (unpaired) electrons. The SMILES string of the molecule is Cc1nc(CNS(=O)(=O)c2cc(CN)sc2Br)no1. The number of nitrogens with two attached hydrogens (primary N) is 1. The summed E-state index contributed by atoms with van der Waals surface area (Å²) in [6.07, 6.45) is 0. The van der Waals surface area contributed by atoms with Gasteiger partial charge in [-0.25, -0.2) is 13.1 Å². The molecule has 104 valence electrons. The third kappa shape index (κ3) is 3.39. The van der Waals surface area contributed by atoms with E-state index in [0.717, 1.165) is 4.88 Å². The minimum absolute atomic E-state index is 0.0279. The Labute approximate surface area is 122 Å². The molecule has 0 amide bonds. The monoisotopic (exact) mass is 366 g/mol. The molecule has 2 rings (SSSR count). The Morgan fingerprint density at radius 1 is 1.58 bits per heavy atom. The molecule has 19 heavy (non-hydrogen) atoms. The summed E-state index contributed by atoms with van der Waals surface area (Å²) in [6, 6.07) is 1.54. The van der Waals surface area contributed by atoms with Crippen LogP contribution in [0.2, 0.25) is 0 Å². The van der Waals surface area contributed by atoms with Crippen LogP contribution in [0.3, 0.4) is 0 Å². The Bertz CT molecular complexity index is 679. The molecule has 0 saturated heterocycles. The van der Waals surface area contributed by atoms with E-state index in [1.54, 1.807) is 13.0 Å². The molecule has 7 nitrogen and oxygen atoms in total. The van der Waals surface area contributed by atoms with Crippen LogP contribution >= 0.6 is 27.3 Å². The Morgan fingerprint density at radius 3 is 2.84 bits per heavy atom. The van der Waals surface area contributed by atoms with Crippen molar-refractivity contribution in [1.29, 1.82) is 0 Å². The molecule has 0 spiro atoms. The predicted molar refractivity (Wildman–Crippen MR) is 73.0 cm³/mol. The van der Waals surface area contributed by atoms with Gasteiger partial charge in [-0.3, -0.25) is 0 Å². The summed E-state index contributed by atoms with van der Waals surface area (Å²) in [6.45, 7) is 1.90.